The quantitative estimate of drug-likeness (QED) is 0.825. The minimum atomic E-state index is -0.375. The van der Waals surface area contributed by atoms with Crippen LogP contribution in [-0.4, -0.2) is 16.7 Å². The van der Waals surface area contributed by atoms with Crippen molar-refractivity contribution >= 4 is 0 Å². The molecule has 0 amide bonds. The van der Waals surface area contributed by atoms with E-state index >= 15 is 0 Å². The molecule has 15 heavy (non-hydrogen) atoms. The molecule has 0 saturated carbocycles. The molecule has 0 bridgehead atoms. The van der Waals surface area contributed by atoms with Gasteiger partial charge in [0.2, 0.25) is 5.89 Å². The van der Waals surface area contributed by atoms with Crippen LogP contribution in [0, 0.1) is 5.82 Å². The van der Waals surface area contributed by atoms with Gasteiger partial charge in [0.1, 0.15) is 5.82 Å². The Morgan fingerprint density at radius 3 is 2.80 bits per heavy atom. The summed E-state index contributed by atoms with van der Waals surface area (Å²) in [6.45, 7) is 0.429. The molecule has 0 atom stereocenters. The summed E-state index contributed by atoms with van der Waals surface area (Å²) in [7, 11) is 0. The standard InChI is InChI=1S/C10H10FN3O/c11-8-4-2-1-3-7(8)10-14-13-9(15-10)5-6-12/h1-4H,5-6,12H2. The molecule has 0 spiro atoms. The Kier molecular flexibility index (Phi) is 2.73. The molecule has 0 aliphatic carbocycles. The summed E-state index contributed by atoms with van der Waals surface area (Å²) >= 11 is 0. The van der Waals surface area contributed by atoms with Crippen molar-refractivity contribution in [2.24, 2.45) is 5.73 Å². The van der Waals surface area contributed by atoms with E-state index in [4.69, 9.17) is 10.2 Å². The molecule has 0 unspecified atom stereocenters. The Balaban J connectivity index is 2.33. The Labute approximate surface area is 85.9 Å². The van der Waals surface area contributed by atoms with Gasteiger partial charge in [-0.1, -0.05) is 12.1 Å². The number of aromatic nitrogens is 2. The van der Waals surface area contributed by atoms with Gasteiger partial charge in [-0.15, -0.1) is 10.2 Å². The van der Waals surface area contributed by atoms with E-state index in [1.165, 1.54) is 6.07 Å². The fourth-order valence-electron chi connectivity index (χ4n) is 1.22. The number of benzene rings is 1. The number of rotatable bonds is 3. The zero-order valence-electron chi connectivity index (χ0n) is 7.98. The second-order valence-electron chi connectivity index (χ2n) is 3.02. The predicted molar refractivity (Wildman–Crippen MR) is 52.5 cm³/mol. The van der Waals surface area contributed by atoms with Crippen LogP contribution in [0.4, 0.5) is 4.39 Å². The highest BCUT2D eigenvalue weighted by Gasteiger charge is 2.11. The van der Waals surface area contributed by atoms with Gasteiger partial charge < -0.3 is 10.2 Å². The molecule has 4 nitrogen and oxygen atoms in total. The zero-order chi connectivity index (χ0) is 10.7. The summed E-state index contributed by atoms with van der Waals surface area (Å²) in [5.41, 5.74) is 5.65. The van der Waals surface area contributed by atoms with Gasteiger partial charge in [-0.05, 0) is 12.1 Å². The summed E-state index contributed by atoms with van der Waals surface area (Å²) < 4.78 is 18.6. The van der Waals surface area contributed by atoms with Crippen molar-refractivity contribution in [3.63, 3.8) is 0 Å². The molecule has 5 heteroatoms. The lowest BCUT2D eigenvalue weighted by Gasteiger charge is -1.95. The third kappa shape index (κ3) is 2.02. The first-order valence-electron chi connectivity index (χ1n) is 4.58. The highest BCUT2D eigenvalue weighted by molar-refractivity contribution is 5.53. The monoisotopic (exact) mass is 207 g/mol. The van der Waals surface area contributed by atoms with E-state index in [-0.39, 0.29) is 11.7 Å². The van der Waals surface area contributed by atoms with Crippen LogP contribution >= 0.6 is 0 Å². The predicted octanol–water partition coefficient (Wildman–Crippen LogP) is 1.38. The average Bonchev–Trinajstić information content (AvgIpc) is 2.68. The number of hydrogen-bond donors (Lipinski definition) is 1. The maximum absolute atomic E-state index is 13.3. The molecule has 2 N–H and O–H groups in total. The molecule has 78 valence electrons. The van der Waals surface area contributed by atoms with Gasteiger partial charge in [0.05, 0.1) is 5.56 Å². The highest BCUT2D eigenvalue weighted by Crippen LogP contribution is 2.20. The molecule has 2 rings (SSSR count). The molecule has 1 aromatic carbocycles. The summed E-state index contributed by atoms with van der Waals surface area (Å²) in [6, 6.07) is 6.26. The van der Waals surface area contributed by atoms with E-state index in [2.05, 4.69) is 10.2 Å². The van der Waals surface area contributed by atoms with Crippen LogP contribution in [-0.2, 0) is 6.42 Å². The van der Waals surface area contributed by atoms with E-state index in [1.807, 2.05) is 0 Å². The van der Waals surface area contributed by atoms with Crippen molar-refractivity contribution < 1.29 is 8.81 Å². The lowest BCUT2D eigenvalue weighted by atomic mass is 10.2. The Bertz CT molecular complexity index is 455. The van der Waals surface area contributed by atoms with Gasteiger partial charge in [0, 0.05) is 13.0 Å². The van der Waals surface area contributed by atoms with Crippen LogP contribution in [0.1, 0.15) is 5.89 Å². The first-order chi connectivity index (χ1) is 7.31. The molecular weight excluding hydrogens is 197 g/mol. The Morgan fingerprint density at radius 1 is 1.27 bits per heavy atom. The van der Waals surface area contributed by atoms with Gasteiger partial charge in [0.25, 0.3) is 5.89 Å². The number of halogens is 1. The van der Waals surface area contributed by atoms with Gasteiger partial charge in [0.15, 0.2) is 0 Å². The molecule has 0 aliphatic rings. The normalized spacial score (nSPS) is 10.5. The van der Waals surface area contributed by atoms with Crippen LogP contribution in [0.15, 0.2) is 28.7 Å². The molecule has 2 aromatic rings. The first-order valence-corrected chi connectivity index (χ1v) is 4.58. The minimum absolute atomic E-state index is 0.191. The van der Waals surface area contributed by atoms with Gasteiger partial charge in [-0.25, -0.2) is 4.39 Å². The summed E-state index contributed by atoms with van der Waals surface area (Å²) in [5, 5.41) is 7.51. The lowest BCUT2D eigenvalue weighted by Crippen LogP contribution is -2.02. The molecule has 1 heterocycles. The summed E-state index contributed by atoms with van der Waals surface area (Å²) in [6.07, 6.45) is 0.501. The molecule has 0 radical (unpaired) electrons. The van der Waals surface area contributed by atoms with E-state index in [1.54, 1.807) is 18.2 Å². The lowest BCUT2D eigenvalue weighted by molar-refractivity contribution is 0.503. The first kappa shape index (κ1) is 9.79. The fraction of sp³-hybridized carbons (Fsp3) is 0.200. The third-order valence-corrected chi connectivity index (χ3v) is 1.93. The van der Waals surface area contributed by atoms with Crippen molar-refractivity contribution in [3.8, 4) is 11.5 Å². The summed E-state index contributed by atoms with van der Waals surface area (Å²) in [5.74, 6) is 0.243. The van der Waals surface area contributed by atoms with Gasteiger partial charge in [-0.3, -0.25) is 0 Å². The maximum atomic E-state index is 13.3. The van der Waals surface area contributed by atoms with Crippen molar-refractivity contribution in [3.05, 3.63) is 36.0 Å². The van der Waals surface area contributed by atoms with Crippen LogP contribution in [0.2, 0.25) is 0 Å². The highest BCUT2D eigenvalue weighted by atomic mass is 19.1. The van der Waals surface area contributed by atoms with Crippen LogP contribution in [0.3, 0.4) is 0 Å². The van der Waals surface area contributed by atoms with Crippen molar-refractivity contribution in [2.45, 2.75) is 6.42 Å². The van der Waals surface area contributed by atoms with Gasteiger partial charge >= 0.3 is 0 Å². The minimum Gasteiger partial charge on any atom is -0.421 e. The molecule has 1 aromatic heterocycles. The summed E-state index contributed by atoms with van der Waals surface area (Å²) in [4.78, 5) is 0. The van der Waals surface area contributed by atoms with Crippen molar-refractivity contribution in [1.29, 1.82) is 0 Å². The smallest absolute Gasteiger partial charge is 0.250 e. The number of nitrogens with zero attached hydrogens (tertiary/aromatic N) is 2. The van der Waals surface area contributed by atoms with Crippen molar-refractivity contribution in [1.82, 2.24) is 10.2 Å². The topological polar surface area (TPSA) is 64.9 Å². The largest absolute Gasteiger partial charge is 0.421 e. The second-order valence-corrected chi connectivity index (χ2v) is 3.02. The van der Waals surface area contributed by atoms with Gasteiger partial charge in [-0.2, -0.15) is 0 Å². The fourth-order valence-corrected chi connectivity index (χ4v) is 1.22. The molecule has 0 saturated heterocycles. The average molecular weight is 207 g/mol. The van der Waals surface area contributed by atoms with E-state index in [0.717, 1.165) is 0 Å². The molecule has 0 fully saturated rings. The molecular formula is C10H10FN3O. The number of hydrogen-bond acceptors (Lipinski definition) is 4. The van der Waals surface area contributed by atoms with Crippen LogP contribution in [0.5, 0.6) is 0 Å². The van der Waals surface area contributed by atoms with Crippen LogP contribution in [0.25, 0.3) is 11.5 Å². The third-order valence-electron chi connectivity index (χ3n) is 1.93. The van der Waals surface area contributed by atoms with Crippen LogP contribution < -0.4 is 5.73 Å². The Hall–Kier alpha value is -1.75. The molecule has 0 aliphatic heterocycles. The number of nitrogens with two attached hydrogens (primary N) is 1. The Morgan fingerprint density at radius 2 is 2.07 bits per heavy atom. The zero-order valence-corrected chi connectivity index (χ0v) is 7.98. The van der Waals surface area contributed by atoms with E-state index in [9.17, 15) is 4.39 Å². The van der Waals surface area contributed by atoms with Crippen molar-refractivity contribution in [2.75, 3.05) is 6.54 Å². The van der Waals surface area contributed by atoms with E-state index < -0.39 is 0 Å². The maximum Gasteiger partial charge on any atom is 0.250 e. The second kappa shape index (κ2) is 4.18. The van der Waals surface area contributed by atoms with E-state index in [0.29, 0.717) is 24.4 Å². The SMILES string of the molecule is NCCc1nnc(-c2ccccc2F)o1.